The molecule has 5 heteroatoms. The van der Waals surface area contributed by atoms with Crippen molar-refractivity contribution >= 4 is 11.7 Å². The van der Waals surface area contributed by atoms with Gasteiger partial charge in [-0.2, -0.15) is 0 Å². The van der Waals surface area contributed by atoms with Crippen molar-refractivity contribution in [2.45, 2.75) is 58.5 Å². The summed E-state index contributed by atoms with van der Waals surface area (Å²) >= 11 is 0. The molecule has 0 radical (unpaired) electrons. The van der Waals surface area contributed by atoms with Gasteiger partial charge in [0.1, 0.15) is 0 Å². The summed E-state index contributed by atoms with van der Waals surface area (Å²) in [6.45, 7) is 8.41. The van der Waals surface area contributed by atoms with Crippen molar-refractivity contribution in [3.63, 3.8) is 0 Å². The van der Waals surface area contributed by atoms with Crippen molar-refractivity contribution in [2.75, 3.05) is 6.54 Å². The molecule has 0 saturated heterocycles. The van der Waals surface area contributed by atoms with Crippen LogP contribution in [0.15, 0.2) is 24.5 Å². The smallest absolute Gasteiger partial charge is 0.289 e. The van der Waals surface area contributed by atoms with Crippen LogP contribution in [0.5, 0.6) is 0 Å². The average molecular weight is 305 g/mol. The van der Waals surface area contributed by atoms with E-state index in [1.807, 2.05) is 39.8 Å². The van der Waals surface area contributed by atoms with Crippen LogP contribution >= 0.6 is 0 Å². The highest BCUT2D eigenvalue weighted by Gasteiger charge is 2.27. The predicted molar refractivity (Wildman–Crippen MR) is 87.5 cm³/mol. The summed E-state index contributed by atoms with van der Waals surface area (Å²) in [6.07, 6.45) is 5.64. The summed E-state index contributed by atoms with van der Waals surface area (Å²) in [7, 11) is 0. The zero-order chi connectivity index (χ0) is 16.6. The SMILES string of the molecule is CCCC(NC(C)(C)C)C(=O)C(=O)NCCc1cccnc1. The molecule has 1 atom stereocenters. The second kappa shape index (κ2) is 8.63. The number of nitrogens with zero attached hydrogens (tertiary/aromatic N) is 1. The molecule has 0 aliphatic rings. The second-order valence-corrected chi connectivity index (χ2v) is 6.47. The Morgan fingerprint density at radius 3 is 2.59 bits per heavy atom. The molecule has 0 bridgehead atoms. The molecule has 0 aromatic carbocycles. The Hall–Kier alpha value is -1.75. The minimum atomic E-state index is -0.515. The van der Waals surface area contributed by atoms with Gasteiger partial charge in [0.25, 0.3) is 5.91 Å². The van der Waals surface area contributed by atoms with Gasteiger partial charge in [-0.3, -0.25) is 14.6 Å². The Morgan fingerprint density at radius 2 is 2.05 bits per heavy atom. The lowest BCUT2D eigenvalue weighted by Gasteiger charge is -2.27. The van der Waals surface area contributed by atoms with Gasteiger partial charge in [0.05, 0.1) is 6.04 Å². The largest absolute Gasteiger partial charge is 0.349 e. The van der Waals surface area contributed by atoms with Gasteiger partial charge in [-0.25, -0.2) is 0 Å². The van der Waals surface area contributed by atoms with E-state index in [1.54, 1.807) is 12.4 Å². The highest BCUT2D eigenvalue weighted by atomic mass is 16.2. The Labute approximate surface area is 132 Å². The van der Waals surface area contributed by atoms with E-state index in [1.165, 1.54) is 0 Å². The van der Waals surface area contributed by atoms with E-state index in [2.05, 4.69) is 15.6 Å². The summed E-state index contributed by atoms with van der Waals surface area (Å²) in [6, 6.07) is 3.37. The Morgan fingerprint density at radius 1 is 1.32 bits per heavy atom. The van der Waals surface area contributed by atoms with Crippen LogP contribution in [0.2, 0.25) is 0 Å². The molecule has 1 aromatic rings. The summed E-state index contributed by atoms with van der Waals surface area (Å²) in [5.41, 5.74) is 0.832. The van der Waals surface area contributed by atoms with Gasteiger partial charge in [-0.15, -0.1) is 0 Å². The molecular weight excluding hydrogens is 278 g/mol. The van der Waals surface area contributed by atoms with Gasteiger partial charge in [-0.1, -0.05) is 19.4 Å². The number of carbonyl (C=O) groups is 2. The fourth-order valence-corrected chi connectivity index (χ4v) is 2.19. The third-order valence-corrected chi connectivity index (χ3v) is 3.15. The molecule has 1 rings (SSSR count). The number of nitrogens with one attached hydrogen (secondary N) is 2. The highest BCUT2D eigenvalue weighted by molar-refractivity contribution is 6.38. The van der Waals surface area contributed by atoms with Crippen LogP contribution in [-0.2, 0) is 16.0 Å². The summed E-state index contributed by atoms with van der Waals surface area (Å²) in [4.78, 5) is 28.3. The number of aromatic nitrogens is 1. The normalized spacial score (nSPS) is 12.7. The number of amides is 1. The molecule has 1 amide bonds. The molecule has 1 aromatic heterocycles. The average Bonchev–Trinajstić information content (AvgIpc) is 2.45. The standard InChI is InChI=1S/C17H27N3O2/c1-5-7-14(20-17(2,3)4)15(21)16(22)19-11-9-13-8-6-10-18-12-13/h6,8,10,12,14,20H,5,7,9,11H2,1-4H3,(H,19,22). The highest BCUT2D eigenvalue weighted by Crippen LogP contribution is 2.07. The van der Waals surface area contributed by atoms with Crippen molar-refractivity contribution in [1.29, 1.82) is 0 Å². The lowest BCUT2D eigenvalue weighted by atomic mass is 10.0. The molecular formula is C17H27N3O2. The van der Waals surface area contributed by atoms with E-state index in [0.29, 0.717) is 19.4 Å². The molecule has 0 saturated carbocycles. The minimum absolute atomic E-state index is 0.203. The number of hydrogen-bond acceptors (Lipinski definition) is 4. The zero-order valence-electron chi connectivity index (χ0n) is 14.0. The van der Waals surface area contributed by atoms with E-state index in [9.17, 15) is 9.59 Å². The lowest BCUT2D eigenvalue weighted by molar-refractivity contribution is -0.139. The number of hydrogen-bond donors (Lipinski definition) is 2. The van der Waals surface area contributed by atoms with E-state index >= 15 is 0 Å². The third kappa shape index (κ3) is 6.80. The van der Waals surface area contributed by atoms with Gasteiger partial charge in [0.2, 0.25) is 5.78 Å². The fraction of sp³-hybridized carbons (Fsp3) is 0.588. The van der Waals surface area contributed by atoms with E-state index in [0.717, 1.165) is 12.0 Å². The number of carbonyl (C=O) groups excluding carboxylic acids is 2. The van der Waals surface area contributed by atoms with Crippen LogP contribution < -0.4 is 10.6 Å². The van der Waals surface area contributed by atoms with Gasteiger partial charge in [0, 0.05) is 24.5 Å². The molecule has 0 aliphatic heterocycles. The molecule has 22 heavy (non-hydrogen) atoms. The maximum absolute atomic E-state index is 12.3. The van der Waals surface area contributed by atoms with Gasteiger partial charge in [-0.05, 0) is 45.2 Å². The zero-order valence-corrected chi connectivity index (χ0v) is 14.0. The van der Waals surface area contributed by atoms with Crippen LogP contribution in [0.25, 0.3) is 0 Å². The van der Waals surface area contributed by atoms with E-state index < -0.39 is 11.9 Å². The van der Waals surface area contributed by atoms with E-state index in [-0.39, 0.29) is 11.3 Å². The second-order valence-electron chi connectivity index (χ2n) is 6.47. The van der Waals surface area contributed by atoms with Crippen LogP contribution in [0, 0.1) is 0 Å². The Kier molecular flexibility index (Phi) is 7.18. The number of pyridine rings is 1. The monoisotopic (exact) mass is 305 g/mol. The Bertz CT molecular complexity index is 480. The quantitative estimate of drug-likeness (QED) is 0.719. The van der Waals surface area contributed by atoms with Crippen LogP contribution in [0.3, 0.4) is 0 Å². The predicted octanol–water partition coefficient (Wildman–Crippen LogP) is 1.87. The van der Waals surface area contributed by atoms with Gasteiger partial charge >= 0.3 is 0 Å². The summed E-state index contributed by atoms with van der Waals surface area (Å²) in [5, 5.41) is 5.92. The third-order valence-electron chi connectivity index (χ3n) is 3.15. The van der Waals surface area contributed by atoms with Crippen LogP contribution in [-0.4, -0.2) is 34.8 Å². The first-order chi connectivity index (χ1) is 10.3. The maximum atomic E-state index is 12.3. The molecule has 1 unspecified atom stereocenters. The lowest BCUT2D eigenvalue weighted by Crippen LogP contribution is -2.52. The Balaban J connectivity index is 2.49. The minimum Gasteiger partial charge on any atom is -0.349 e. The van der Waals surface area contributed by atoms with E-state index in [4.69, 9.17) is 0 Å². The molecule has 0 fully saturated rings. The van der Waals surface area contributed by atoms with Crippen molar-refractivity contribution in [1.82, 2.24) is 15.6 Å². The molecule has 122 valence electrons. The molecule has 0 spiro atoms. The molecule has 1 heterocycles. The number of Topliss-reactive ketones (excluding diaryl/α,β-unsaturated/α-hetero) is 1. The first-order valence-corrected chi connectivity index (χ1v) is 7.82. The number of ketones is 1. The van der Waals surface area contributed by atoms with Crippen molar-refractivity contribution in [3.05, 3.63) is 30.1 Å². The van der Waals surface area contributed by atoms with Crippen molar-refractivity contribution < 1.29 is 9.59 Å². The van der Waals surface area contributed by atoms with Crippen molar-refractivity contribution in [3.8, 4) is 0 Å². The molecule has 2 N–H and O–H groups in total. The number of rotatable bonds is 8. The van der Waals surface area contributed by atoms with Gasteiger partial charge in [0.15, 0.2) is 0 Å². The van der Waals surface area contributed by atoms with Crippen LogP contribution in [0.4, 0.5) is 0 Å². The first-order valence-electron chi connectivity index (χ1n) is 7.82. The summed E-state index contributed by atoms with van der Waals surface area (Å²) < 4.78 is 0. The maximum Gasteiger partial charge on any atom is 0.289 e. The van der Waals surface area contributed by atoms with Crippen molar-refractivity contribution in [2.24, 2.45) is 0 Å². The molecule has 5 nitrogen and oxygen atoms in total. The first kappa shape index (κ1) is 18.3. The van der Waals surface area contributed by atoms with Gasteiger partial charge < -0.3 is 10.6 Å². The molecule has 0 aliphatic carbocycles. The topological polar surface area (TPSA) is 71.1 Å². The fourth-order valence-electron chi connectivity index (χ4n) is 2.19. The summed E-state index contributed by atoms with van der Waals surface area (Å²) in [5.74, 6) is -0.901. The van der Waals surface area contributed by atoms with Crippen LogP contribution in [0.1, 0.15) is 46.1 Å².